The van der Waals surface area contributed by atoms with Crippen LogP contribution in [0.5, 0.6) is 0 Å². The van der Waals surface area contributed by atoms with Gasteiger partial charge in [0.1, 0.15) is 6.54 Å². The molecule has 1 aliphatic rings. The monoisotopic (exact) mass is 327 g/mol. The van der Waals surface area contributed by atoms with E-state index in [0.717, 1.165) is 19.6 Å². The lowest BCUT2D eigenvalue weighted by molar-refractivity contribution is -0.121. The van der Waals surface area contributed by atoms with E-state index < -0.39 is 0 Å². The minimum Gasteiger partial charge on any atom is -0.353 e. The summed E-state index contributed by atoms with van der Waals surface area (Å²) in [7, 11) is 0. The van der Waals surface area contributed by atoms with E-state index in [1.54, 1.807) is 24.3 Å². The first-order chi connectivity index (χ1) is 11.7. The molecule has 0 spiro atoms. The molecule has 2 heterocycles. The summed E-state index contributed by atoms with van der Waals surface area (Å²) in [4.78, 5) is 26.5. The standard InChI is InChI=1S/C17H21N5O2/c23-16(18-8-11-21-9-4-5-10-21)13-22-12-15(19-20-22)17(24)14-6-2-1-3-7-14/h1-3,6-7,12H,4-5,8-11,13H2,(H,18,23). The maximum absolute atomic E-state index is 12.2. The molecule has 1 aromatic carbocycles. The molecular formula is C17H21N5O2. The molecule has 0 unspecified atom stereocenters. The molecule has 2 aromatic rings. The minimum atomic E-state index is -0.198. The fraction of sp³-hybridized carbons (Fsp3) is 0.412. The number of rotatable bonds is 7. The van der Waals surface area contributed by atoms with Gasteiger partial charge in [0.05, 0.1) is 6.20 Å². The summed E-state index contributed by atoms with van der Waals surface area (Å²) < 4.78 is 1.39. The van der Waals surface area contributed by atoms with E-state index in [0.29, 0.717) is 12.1 Å². The Morgan fingerprint density at radius 3 is 2.62 bits per heavy atom. The molecule has 0 radical (unpaired) electrons. The largest absolute Gasteiger partial charge is 0.353 e. The van der Waals surface area contributed by atoms with Gasteiger partial charge in [0.2, 0.25) is 11.7 Å². The second-order valence-corrected chi connectivity index (χ2v) is 5.90. The van der Waals surface area contributed by atoms with Gasteiger partial charge >= 0.3 is 0 Å². The third kappa shape index (κ3) is 4.26. The summed E-state index contributed by atoms with van der Waals surface area (Å²) in [5.74, 6) is -0.325. The number of nitrogens with zero attached hydrogens (tertiary/aromatic N) is 4. The minimum absolute atomic E-state index is 0.0646. The van der Waals surface area contributed by atoms with Crippen LogP contribution in [0.2, 0.25) is 0 Å². The van der Waals surface area contributed by atoms with Crippen molar-refractivity contribution in [2.24, 2.45) is 0 Å². The van der Waals surface area contributed by atoms with E-state index in [9.17, 15) is 9.59 Å². The summed E-state index contributed by atoms with van der Waals surface area (Å²) in [6.45, 7) is 3.80. The smallest absolute Gasteiger partial charge is 0.241 e. The molecule has 0 saturated carbocycles. The number of ketones is 1. The fourth-order valence-corrected chi connectivity index (χ4v) is 2.78. The lowest BCUT2D eigenvalue weighted by atomic mass is 10.1. The second-order valence-electron chi connectivity index (χ2n) is 5.90. The highest BCUT2D eigenvalue weighted by Gasteiger charge is 2.15. The van der Waals surface area contributed by atoms with Crippen LogP contribution >= 0.6 is 0 Å². The number of aromatic nitrogens is 3. The average molecular weight is 327 g/mol. The van der Waals surface area contributed by atoms with Gasteiger partial charge in [-0.15, -0.1) is 5.10 Å². The van der Waals surface area contributed by atoms with Crippen LogP contribution in [0.15, 0.2) is 36.5 Å². The number of hydrogen-bond acceptors (Lipinski definition) is 5. The van der Waals surface area contributed by atoms with Crippen molar-refractivity contribution in [3.8, 4) is 0 Å². The third-order valence-corrected chi connectivity index (χ3v) is 4.06. The molecule has 3 rings (SSSR count). The molecule has 1 amide bonds. The lowest BCUT2D eigenvalue weighted by Crippen LogP contribution is -2.35. The molecule has 126 valence electrons. The van der Waals surface area contributed by atoms with Crippen LogP contribution in [0.4, 0.5) is 0 Å². The zero-order valence-electron chi connectivity index (χ0n) is 13.5. The van der Waals surface area contributed by atoms with Gasteiger partial charge in [-0.1, -0.05) is 35.5 Å². The van der Waals surface area contributed by atoms with Crippen molar-refractivity contribution in [3.05, 3.63) is 47.8 Å². The van der Waals surface area contributed by atoms with Crippen molar-refractivity contribution in [1.82, 2.24) is 25.2 Å². The van der Waals surface area contributed by atoms with E-state index in [2.05, 4.69) is 20.5 Å². The van der Waals surface area contributed by atoms with E-state index in [4.69, 9.17) is 0 Å². The fourth-order valence-electron chi connectivity index (χ4n) is 2.78. The van der Waals surface area contributed by atoms with Crippen LogP contribution in [0, 0.1) is 0 Å². The number of amides is 1. The predicted molar refractivity (Wildman–Crippen MR) is 88.6 cm³/mol. The number of hydrogen-bond donors (Lipinski definition) is 1. The normalized spacial score (nSPS) is 14.7. The molecule has 0 aliphatic carbocycles. The number of benzene rings is 1. The highest BCUT2D eigenvalue weighted by atomic mass is 16.2. The van der Waals surface area contributed by atoms with Crippen molar-refractivity contribution >= 4 is 11.7 Å². The lowest BCUT2D eigenvalue weighted by Gasteiger charge is -2.14. The summed E-state index contributed by atoms with van der Waals surface area (Å²) in [6, 6.07) is 8.90. The highest BCUT2D eigenvalue weighted by Crippen LogP contribution is 2.07. The zero-order chi connectivity index (χ0) is 16.8. The SMILES string of the molecule is O=C(Cn1cc(C(=O)c2ccccc2)nn1)NCCN1CCCC1. The number of nitrogens with one attached hydrogen (secondary N) is 1. The molecule has 0 atom stereocenters. The highest BCUT2D eigenvalue weighted by molar-refractivity contribution is 6.07. The van der Waals surface area contributed by atoms with E-state index in [1.165, 1.54) is 23.7 Å². The zero-order valence-corrected chi connectivity index (χ0v) is 13.5. The van der Waals surface area contributed by atoms with Crippen molar-refractivity contribution in [2.75, 3.05) is 26.2 Å². The van der Waals surface area contributed by atoms with Gasteiger partial charge in [-0.25, -0.2) is 4.68 Å². The van der Waals surface area contributed by atoms with Crippen LogP contribution < -0.4 is 5.32 Å². The maximum atomic E-state index is 12.2. The first-order valence-electron chi connectivity index (χ1n) is 8.21. The van der Waals surface area contributed by atoms with Gasteiger partial charge in [-0.3, -0.25) is 9.59 Å². The summed E-state index contributed by atoms with van der Waals surface area (Å²) >= 11 is 0. The van der Waals surface area contributed by atoms with Crippen LogP contribution in [0.1, 0.15) is 28.9 Å². The first-order valence-corrected chi connectivity index (χ1v) is 8.21. The second kappa shape index (κ2) is 7.83. The Balaban J connectivity index is 1.48. The Kier molecular flexibility index (Phi) is 5.32. The molecule has 0 bridgehead atoms. The van der Waals surface area contributed by atoms with Gasteiger partial charge < -0.3 is 10.2 Å². The summed E-state index contributed by atoms with van der Waals surface area (Å²) in [5.41, 5.74) is 0.797. The Bertz CT molecular complexity index is 692. The Hall–Kier alpha value is -2.54. The third-order valence-electron chi connectivity index (χ3n) is 4.06. The van der Waals surface area contributed by atoms with E-state index >= 15 is 0 Å². The van der Waals surface area contributed by atoms with Crippen molar-refractivity contribution in [3.63, 3.8) is 0 Å². The van der Waals surface area contributed by atoms with Crippen LogP contribution in [0.25, 0.3) is 0 Å². The average Bonchev–Trinajstić information content (AvgIpc) is 3.27. The quantitative estimate of drug-likeness (QED) is 0.758. The van der Waals surface area contributed by atoms with Crippen LogP contribution in [-0.2, 0) is 11.3 Å². The van der Waals surface area contributed by atoms with Crippen LogP contribution in [0.3, 0.4) is 0 Å². The Morgan fingerprint density at radius 2 is 1.88 bits per heavy atom. The summed E-state index contributed by atoms with van der Waals surface area (Å²) in [6.07, 6.45) is 3.99. The Morgan fingerprint density at radius 1 is 1.12 bits per heavy atom. The van der Waals surface area contributed by atoms with E-state index in [-0.39, 0.29) is 23.9 Å². The van der Waals surface area contributed by atoms with Gasteiger partial charge in [0.25, 0.3) is 0 Å². The number of likely N-dealkylation sites (tertiary alicyclic amines) is 1. The molecule has 1 N–H and O–H groups in total. The molecule has 1 aromatic heterocycles. The first kappa shape index (κ1) is 16.3. The molecular weight excluding hydrogens is 306 g/mol. The number of carbonyl (C=O) groups excluding carboxylic acids is 2. The van der Waals surface area contributed by atoms with Crippen LogP contribution in [-0.4, -0.2) is 57.8 Å². The molecule has 1 aliphatic heterocycles. The van der Waals surface area contributed by atoms with Gasteiger partial charge in [0, 0.05) is 18.7 Å². The Labute approximate surface area is 140 Å². The van der Waals surface area contributed by atoms with Gasteiger partial charge in [0.15, 0.2) is 5.69 Å². The van der Waals surface area contributed by atoms with Crippen molar-refractivity contribution in [2.45, 2.75) is 19.4 Å². The maximum Gasteiger partial charge on any atom is 0.241 e. The predicted octanol–water partition coefficient (Wildman–Crippen LogP) is 0.721. The van der Waals surface area contributed by atoms with Crippen molar-refractivity contribution in [1.29, 1.82) is 0 Å². The molecule has 1 saturated heterocycles. The molecule has 1 fully saturated rings. The molecule has 7 nitrogen and oxygen atoms in total. The van der Waals surface area contributed by atoms with Gasteiger partial charge in [-0.05, 0) is 25.9 Å². The van der Waals surface area contributed by atoms with Crippen molar-refractivity contribution < 1.29 is 9.59 Å². The topological polar surface area (TPSA) is 80.1 Å². The molecule has 7 heteroatoms. The number of carbonyl (C=O) groups is 2. The summed E-state index contributed by atoms with van der Waals surface area (Å²) in [5, 5.41) is 10.6. The van der Waals surface area contributed by atoms with E-state index in [1.807, 2.05) is 6.07 Å². The molecule has 24 heavy (non-hydrogen) atoms. The van der Waals surface area contributed by atoms with Gasteiger partial charge in [-0.2, -0.15) is 0 Å².